The van der Waals surface area contributed by atoms with Gasteiger partial charge < -0.3 is 15.0 Å². The van der Waals surface area contributed by atoms with Crippen molar-refractivity contribution in [3.8, 4) is 0 Å². The van der Waals surface area contributed by atoms with Gasteiger partial charge in [-0.25, -0.2) is 0 Å². The van der Waals surface area contributed by atoms with Crippen LogP contribution in [0.15, 0.2) is 0 Å². The summed E-state index contributed by atoms with van der Waals surface area (Å²) < 4.78 is 5.71. The monoisotopic (exact) mass is 240 g/mol. The summed E-state index contributed by atoms with van der Waals surface area (Å²) in [6.45, 7) is 11.6. The Bertz CT molecular complexity index is 214. The Hall–Kier alpha value is -0.120. The molecule has 0 aliphatic carbocycles. The van der Waals surface area contributed by atoms with E-state index in [-0.39, 0.29) is 0 Å². The molecule has 3 nitrogen and oxygen atoms in total. The van der Waals surface area contributed by atoms with Gasteiger partial charge in [-0.05, 0) is 50.7 Å². The van der Waals surface area contributed by atoms with Crippen molar-refractivity contribution in [2.45, 2.75) is 39.2 Å². The number of hydrogen-bond donors (Lipinski definition) is 1. The fourth-order valence-corrected chi connectivity index (χ4v) is 2.90. The molecule has 2 saturated heterocycles. The van der Waals surface area contributed by atoms with E-state index >= 15 is 0 Å². The molecule has 0 saturated carbocycles. The van der Waals surface area contributed by atoms with Gasteiger partial charge in [-0.2, -0.15) is 0 Å². The number of ether oxygens (including phenoxy) is 1. The first-order valence-electron chi connectivity index (χ1n) is 7.28. The van der Waals surface area contributed by atoms with Crippen molar-refractivity contribution in [2.75, 3.05) is 39.3 Å². The summed E-state index contributed by atoms with van der Waals surface area (Å²) >= 11 is 0. The zero-order valence-electron chi connectivity index (χ0n) is 11.5. The van der Waals surface area contributed by atoms with E-state index in [9.17, 15) is 0 Å². The zero-order chi connectivity index (χ0) is 12.1. The first-order valence-corrected chi connectivity index (χ1v) is 7.28. The third-order valence-electron chi connectivity index (χ3n) is 3.84. The van der Waals surface area contributed by atoms with Crippen LogP contribution in [0.4, 0.5) is 0 Å². The highest BCUT2D eigenvalue weighted by Gasteiger charge is 2.26. The summed E-state index contributed by atoms with van der Waals surface area (Å²) in [5.74, 6) is 1.62. The lowest BCUT2D eigenvalue weighted by Gasteiger charge is -2.20. The third-order valence-corrected chi connectivity index (χ3v) is 3.84. The first-order chi connectivity index (χ1) is 8.24. The molecule has 0 aromatic heterocycles. The average Bonchev–Trinajstić information content (AvgIpc) is 2.90. The number of hydrogen-bond acceptors (Lipinski definition) is 3. The molecule has 0 spiro atoms. The van der Waals surface area contributed by atoms with E-state index in [1.165, 1.54) is 45.4 Å². The van der Waals surface area contributed by atoms with Crippen LogP contribution in [0.25, 0.3) is 0 Å². The Labute approximate surface area is 106 Å². The molecule has 0 radical (unpaired) electrons. The van der Waals surface area contributed by atoms with Gasteiger partial charge in [-0.3, -0.25) is 0 Å². The molecule has 0 amide bonds. The van der Waals surface area contributed by atoms with Crippen molar-refractivity contribution in [3.05, 3.63) is 0 Å². The molecule has 2 rings (SSSR count). The van der Waals surface area contributed by atoms with Crippen LogP contribution in [0.2, 0.25) is 0 Å². The van der Waals surface area contributed by atoms with Crippen LogP contribution in [0.5, 0.6) is 0 Å². The van der Waals surface area contributed by atoms with Crippen LogP contribution in [-0.2, 0) is 4.74 Å². The Morgan fingerprint density at radius 3 is 2.94 bits per heavy atom. The van der Waals surface area contributed by atoms with Crippen LogP contribution in [0, 0.1) is 11.8 Å². The third kappa shape index (κ3) is 4.57. The second-order valence-corrected chi connectivity index (χ2v) is 6.10. The van der Waals surface area contributed by atoms with Crippen LogP contribution >= 0.6 is 0 Å². The van der Waals surface area contributed by atoms with Crippen LogP contribution in [-0.4, -0.2) is 50.3 Å². The van der Waals surface area contributed by atoms with Gasteiger partial charge >= 0.3 is 0 Å². The van der Waals surface area contributed by atoms with Gasteiger partial charge in [-0.1, -0.05) is 13.8 Å². The van der Waals surface area contributed by atoms with Crippen molar-refractivity contribution in [1.82, 2.24) is 10.2 Å². The molecular weight excluding hydrogens is 212 g/mol. The molecule has 100 valence electrons. The number of rotatable bonds is 6. The molecule has 2 fully saturated rings. The maximum absolute atomic E-state index is 5.71. The van der Waals surface area contributed by atoms with Gasteiger partial charge in [0.25, 0.3) is 0 Å². The molecule has 2 aliphatic heterocycles. The molecule has 2 aliphatic rings. The van der Waals surface area contributed by atoms with E-state index in [1.54, 1.807) is 0 Å². The minimum absolute atomic E-state index is 0.525. The van der Waals surface area contributed by atoms with Gasteiger partial charge in [0.1, 0.15) is 0 Å². The standard InChI is InChI=1S/C14H28N2O/c1-12(2)8-15-9-13-5-6-16(10-13)11-14-4-3-7-17-14/h12-15H,3-11H2,1-2H3. The van der Waals surface area contributed by atoms with Crippen molar-refractivity contribution in [1.29, 1.82) is 0 Å². The quantitative estimate of drug-likeness (QED) is 0.765. The molecule has 2 unspecified atom stereocenters. The highest BCUT2D eigenvalue weighted by atomic mass is 16.5. The van der Waals surface area contributed by atoms with Gasteiger partial charge in [-0.15, -0.1) is 0 Å². The molecule has 17 heavy (non-hydrogen) atoms. The SMILES string of the molecule is CC(C)CNCC1CCN(CC2CCCO2)C1. The molecular formula is C14H28N2O. The summed E-state index contributed by atoms with van der Waals surface area (Å²) in [5.41, 5.74) is 0. The predicted octanol–water partition coefficient (Wildman–Crippen LogP) is 1.73. The molecule has 0 bridgehead atoms. The van der Waals surface area contributed by atoms with E-state index in [0.717, 1.165) is 25.0 Å². The lowest BCUT2D eigenvalue weighted by atomic mass is 10.1. The lowest BCUT2D eigenvalue weighted by Crippen LogP contribution is -2.32. The fourth-order valence-electron chi connectivity index (χ4n) is 2.90. The number of nitrogens with zero attached hydrogens (tertiary/aromatic N) is 1. The highest BCUT2D eigenvalue weighted by Crippen LogP contribution is 2.19. The Morgan fingerprint density at radius 2 is 2.24 bits per heavy atom. The molecule has 0 aromatic rings. The number of nitrogens with one attached hydrogen (secondary N) is 1. The average molecular weight is 240 g/mol. The first kappa shape index (κ1) is 13.3. The maximum atomic E-state index is 5.71. The van der Waals surface area contributed by atoms with Gasteiger partial charge in [0.2, 0.25) is 0 Å². The van der Waals surface area contributed by atoms with Crippen molar-refractivity contribution in [3.63, 3.8) is 0 Å². The van der Waals surface area contributed by atoms with E-state index < -0.39 is 0 Å². The predicted molar refractivity (Wildman–Crippen MR) is 71.2 cm³/mol. The van der Waals surface area contributed by atoms with Crippen LogP contribution in [0.1, 0.15) is 33.1 Å². The Kier molecular flexibility index (Phi) is 5.26. The fraction of sp³-hybridized carbons (Fsp3) is 1.00. The van der Waals surface area contributed by atoms with Crippen LogP contribution < -0.4 is 5.32 Å². The van der Waals surface area contributed by atoms with Crippen molar-refractivity contribution >= 4 is 0 Å². The molecule has 3 heteroatoms. The Balaban J connectivity index is 1.58. The maximum Gasteiger partial charge on any atom is 0.0702 e. The second kappa shape index (κ2) is 6.72. The minimum Gasteiger partial charge on any atom is -0.377 e. The summed E-state index contributed by atoms with van der Waals surface area (Å²) in [6.07, 6.45) is 4.42. The van der Waals surface area contributed by atoms with Gasteiger partial charge in [0, 0.05) is 19.7 Å². The lowest BCUT2D eigenvalue weighted by molar-refractivity contribution is 0.0796. The minimum atomic E-state index is 0.525. The van der Waals surface area contributed by atoms with Crippen LogP contribution in [0.3, 0.4) is 0 Å². The van der Waals surface area contributed by atoms with E-state index in [0.29, 0.717) is 6.10 Å². The van der Waals surface area contributed by atoms with E-state index in [4.69, 9.17) is 4.74 Å². The normalized spacial score (nSPS) is 30.5. The van der Waals surface area contributed by atoms with Crippen molar-refractivity contribution < 1.29 is 4.74 Å². The number of likely N-dealkylation sites (tertiary alicyclic amines) is 1. The Morgan fingerprint density at radius 1 is 1.35 bits per heavy atom. The smallest absolute Gasteiger partial charge is 0.0702 e. The molecule has 0 aromatic carbocycles. The van der Waals surface area contributed by atoms with Gasteiger partial charge in [0.15, 0.2) is 0 Å². The summed E-state index contributed by atoms with van der Waals surface area (Å²) in [7, 11) is 0. The second-order valence-electron chi connectivity index (χ2n) is 6.10. The van der Waals surface area contributed by atoms with Crippen molar-refractivity contribution in [2.24, 2.45) is 11.8 Å². The van der Waals surface area contributed by atoms with E-state index in [1.807, 2.05) is 0 Å². The molecule has 1 N–H and O–H groups in total. The highest BCUT2D eigenvalue weighted by molar-refractivity contribution is 4.80. The summed E-state index contributed by atoms with van der Waals surface area (Å²) in [5, 5.41) is 3.58. The van der Waals surface area contributed by atoms with E-state index in [2.05, 4.69) is 24.1 Å². The topological polar surface area (TPSA) is 24.5 Å². The molecule has 2 atom stereocenters. The largest absolute Gasteiger partial charge is 0.377 e. The summed E-state index contributed by atoms with van der Waals surface area (Å²) in [6, 6.07) is 0. The summed E-state index contributed by atoms with van der Waals surface area (Å²) in [4.78, 5) is 2.59. The molecule has 2 heterocycles. The zero-order valence-corrected chi connectivity index (χ0v) is 11.5. The van der Waals surface area contributed by atoms with Gasteiger partial charge in [0.05, 0.1) is 6.10 Å².